The highest BCUT2D eigenvalue weighted by molar-refractivity contribution is 7.12. The summed E-state index contributed by atoms with van der Waals surface area (Å²) in [6.45, 7) is 7.19. The molecule has 4 nitrogen and oxygen atoms in total. The van der Waals surface area contributed by atoms with Crippen molar-refractivity contribution < 1.29 is 14.7 Å². The molecule has 0 aliphatic rings. The van der Waals surface area contributed by atoms with Crippen LogP contribution in [0.1, 0.15) is 36.0 Å². The van der Waals surface area contributed by atoms with Gasteiger partial charge in [0.15, 0.2) is 0 Å². The Bertz CT molecular complexity index is 431. The van der Waals surface area contributed by atoms with E-state index in [0.717, 1.165) is 5.56 Å². The van der Waals surface area contributed by atoms with E-state index >= 15 is 0 Å². The number of amides is 1. The Hall–Kier alpha value is -1.36. The lowest BCUT2D eigenvalue weighted by atomic mass is 9.86. The molecule has 0 aromatic carbocycles. The predicted molar refractivity (Wildman–Crippen MR) is 67.4 cm³/mol. The molecule has 1 aromatic rings. The van der Waals surface area contributed by atoms with Crippen molar-refractivity contribution in [3.8, 4) is 0 Å². The third-order valence-electron chi connectivity index (χ3n) is 2.46. The third kappa shape index (κ3) is 3.30. The molecule has 0 aliphatic heterocycles. The van der Waals surface area contributed by atoms with Crippen molar-refractivity contribution >= 4 is 23.2 Å². The molecule has 0 saturated heterocycles. The first-order valence-corrected chi connectivity index (χ1v) is 6.19. The maximum atomic E-state index is 11.9. The van der Waals surface area contributed by atoms with Crippen LogP contribution >= 0.6 is 11.3 Å². The molecule has 0 bridgehead atoms. The Balaban J connectivity index is 2.86. The zero-order chi connectivity index (χ0) is 13.2. The lowest BCUT2D eigenvalue weighted by molar-refractivity contribution is -0.142. The van der Waals surface area contributed by atoms with Crippen molar-refractivity contribution in [2.45, 2.75) is 33.7 Å². The van der Waals surface area contributed by atoms with E-state index in [4.69, 9.17) is 5.11 Å². The van der Waals surface area contributed by atoms with Gasteiger partial charge in [-0.25, -0.2) is 4.79 Å². The summed E-state index contributed by atoms with van der Waals surface area (Å²) in [4.78, 5) is 23.6. The molecule has 0 aliphatic carbocycles. The third-order valence-corrected chi connectivity index (χ3v) is 3.47. The SMILES string of the molecule is Cc1ccsc1C(=O)N[C@H](C(=O)O)C(C)(C)C. The van der Waals surface area contributed by atoms with Crippen LogP contribution in [0.25, 0.3) is 0 Å². The Kier molecular flexibility index (Phi) is 3.93. The Labute approximate surface area is 105 Å². The van der Waals surface area contributed by atoms with Crippen LogP contribution in [0, 0.1) is 12.3 Å². The minimum absolute atomic E-state index is 0.320. The van der Waals surface area contributed by atoms with E-state index in [0.29, 0.717) is 4.88 Å². The second kappa shape index (κ2) is 4.87. The maximum absolute atomic E-state index is 11.9. The number of rotatable bonds is 3. The van der Waals surface area contributed by atoms with Crippen LogP contribution in [0.5, 0.6) is 0 Å². The van der Waals surface area contributed by atoms with Crippen LogP contribution < -0.4 is 5.32 Å². The molecule has 0 saturated carbocycles. The largest absolute Gasteiger partial charge is 0.480 e. The van der Waals surface area contributed by atoms with Gasteiger partial charge in [0.2, 0.25) is 0 Å². The average Bonchev–Trinajstić information content (AvgIpc) is 2.58. The number of carbonyl (C=O) groups excluding carboxylic acids is 1. The fourth-order valence-corrected chi connectivity index (χ4v) is 2.28. The first-order chi connectivity index (χ1) is 7.73. The number of carboxylic acids is 1. The fourth-order valence-electron chi connectivity index (χ4n) is 1.45. The molecule has 2 N–H and O–H groups in total. The quantitative estimate of drug-likeness (QED) is 0.870. The summed E-state index contributed by atoms with van der Waals surface area (Å²) in [5.74, 6) is -1.33. The molecule has 0 fully saturated rings. The number of aliphatic carboxylic acids is 1. The standard InChI is InChI=1S/C12H17NO3S/c1-7-5-6-17-8(7)10(14)13-9(11(15)16)12(2,3)4/h5-6,9H,1-4H3,(H,13,14)(H,15,16)/t9-/m1/s1. The number of aryl methyl sites for hydroxylation is 1. The predicted octanol–water partition coefficient (Wildman–Crippen LogP) is 2.29. The van der Waals surface area contributed by atoms with Crippen LogP contribution in [-0.2, 0) is 4.79 Å². The summed E-state index contributed by atoms with van der Waals surface area (Å²) in [5.41, 5.74) is 0.345. The lowest BCUT2D eigenvalue weighted by Gasteiger charge is -2.27. The summed E-state index contributed by atoms with van der Waals surface area (Å²) in [6, 6.07) is 0.948. The maximum Gasteiger partial charge on any atom is 0.326 e. The number of hydrogen-bond acceptors (Lipinski definition) is 3. The molecule has 1 rings (SSSR count). The number of carboxylic acid groups (broad SMARTS) is 1. The van der Waals surface area contributed by atoms with E-state index in [-0.39, 0.29) is 5.91 Å². The second-order valence-corrected chi connectivity index (χ2v) is 5.96. The van der Waals surface area contributed by atoms with Gasteiger partial charge in [-0.05, 0) is 29.3 Å². The molecular weight excluding hydrogens is 238 g/mol. The van der Waals surface area contributed by atoms with Gasteiger partial charge < -0.3 is 10.4 Å². The molecule has 5 heteroatoms. The molecule has 17 heavy (non-hydrogen) atoms. The molecule has 1 amide bonds. The number of nitrogens with one attached hydrogen (secondary N) is 1. The average molecular weight is 255 g/mol. The van der Waals surface area contributed by atoms with E-state index in [1.807, 2.05) is 18.4 Å². The number of thiophene rings is 1. The van der Waals surface area contributed by atoms with Gasteiger partial charge in [0.25, 0.3) is 5.91 Å². The van der Waals surface area contributed by atoms with E-state index in [1.54, 1.807) is 20.8 Å². The zero-order valence-corrected chi connectivity index (χ0v) is 11.2. The van der Waals surface area contributed by atoms with Crippen LogP contribution in [0.2, 0.25) is 0 Å². The smallest absolute Gasteiger partial charge is 0.326 e. The van der Waals surface area contributed by atoms with Crippen molar-refractivity contribution in [3.05, 3.63) is 21.9 Å². The highest BCUT2D eigenvalue weighted by Gasteiger charge is 2.33. The van der Waals surface area contributed by atoms with E-state index in [9.17, 15) is 9.59 Å². The van der Waals surface area contributed by atoms with Gasteiger partial charge >= 0.3 is 5.97 Å². The highest BCUT2D eigenvalue weighted by Crippen LogP contribution is 2.21. The fraction of sp³-hybridized carbons (Fsp3) is 0.500. The summed E-state index contributed by atoms with van der Waals surface area (Å²) < 4.78 is 0. The molecule has 0 unspecified atom stereocenters. The van der Waals surface area contributed by atoms with Gasteiger partial charge in [-0.1, -0.05) is 20.8 Å². The second-order valence-electron chi connectivity index (χ2n) is 5.04. The minimum Gasteiger partial charge on any atom is -0.480 e. The van der Waals surface area contributed by atoms with Gasteiger partial charge in [0.05, 0.1) is 4.88 Å². The molecule has 1 atom stereocenters. The van der Waals surface area contributed by atoms with E-state index in [2.05, 4.69) is 5.32 Å². The monoisotopic (exact) mass is 255 g/mol. The van der Waals surface area contributed by atoms with Crippen molar-refractivity contribution in [2.75, 3.05) is 0 Å². The number of carbonyl (C=O) groups is 2. The van der Waals surface area contributed by atoms with E-state index in [1.165, 1.54) is 11.3 Å². The van der Waals surface area contributed by atoms with Crippen molar-refractivity contribution in [3.63, 3.8) is 0 Å². The first-order valence-electron chi connectivity index (χ1n) is 5.31. The highest BCUT2D eigenvalue weighted by atomic mass is 32.1. The Morgan fingerprint density at radius 1 is 1.41 bits per heavy atom. The molecular formula is C12H17NO3S. The Morgan fingerprint density at radius 2 is 2.00 bits per heavy atom. The van der Waals surface area contributed by atoms with Crippen molar-refractivity contribution in [2.24, 2.45) is 5.41 Å². The molecule has 1 heterocycles. The molecule has 0 spiro atoms. The van der Waals surface area contributed by atoms with Crippen molar-refractivity contribution in [1.82, 2.24) is 5.32 Å². The van der Waals surface area contributed by atoms with Gasteiger partial charge in [0, 0.05) is 0 Å². The number of hydrogen-bond donors (Lipinski definition) is 2. The van der Waals surface area contributed by atoms with E-state index < -0.39 is 17.4 Å². The van der Waals surface area contributed by atoms with Crippen molar-refractivity contribution in [1.29, 1.82) is 0 Å². The summed E-state index contributed by atoms with van der Waals surface area (Å²) in [7, 11) is 0. The van der Waals surface area contributed by atoms with Crippen LogP contribution in [0.15, 0.2) is 11.4 Å². The first kappa shape index (κ1) is 13.7. The van der Waals surface area contributed by atoms with Crippen LogP contribution in [-0.4, -0.2) is 23.0 Å². The van der Waals surface area contributed by atoms with Crippen LogP contribution in [0.3, 0.4) is 0 Å². The summed E-state index contributed by atoms with van der Waals surface area (Å²) in [5, 5.41) is 13.5. The normalized spacial score (nSPS) is 13.2. The van der Waals surface area contributed by atoms with Crippen LogP contribution in [0.4, 0.5) is 0 Å². The Morgan fingerprint density at radius 3 is 2.35 bits per heavy atom. The zero-order valence-electron chi connectivity index (χ0n) is 10.4. The van der Waals surface area contributed by atoms with Gasteiger partial charge in [-0.15, -0.1) is 11.3 Å². The van der Waals surface area contributed by atoms with Gasteiger partial charge in [-0.2, -0.15) is 0 Å². The molecule has 1 aromatic heterocycles. The van der Waals surface area contributed by atoms with Gasteiger partial charge in [-0.3, -0.25) is 4.79 Å². The minimum atomic E-state index is -1.01. The molecule has 0 radical (unpaired) electrons. The lowest BCUT2D eigenvalue weighted by Crippen LogP contribution is -2.49. The topological polar surface area (TPSA) is 66.4 Å². The molecule has 94 valence electrons. The summed E-state index contributed by atoms with van der Waals surface area (Å²) in [6.07, 6.45) is 0. The summed E-state index contributed by atoms with van der Waals surface area (Å²) >= 11 is 1.32. The van der Waals surface area contributed by atoms with Gasteiger partial charge in [0.1, 0.15) is 6.04 Å².